The normalized spacial score (nSPS) is 20.6. The lowest BCUT2D eigenvalue weighted by atomic mass is 10.2. The number of halogens is 1. The number of carbonyl (C=O) groups is 1. The van der Waals surface area contributed by atoms with Crippen LogP contribution in [0.25, 0.3) is 9.40 Å². The predicted octanol–water partition coefficient (Wildman–Crippen LogP) is 3.48. The second-order valence-corrected chi connectivity index (χ2v) is 6.86. The predicted molar refractivity (Wildman–Crippen MR) is 76.0 cm³/mol. The van der Waals surface area contributed by atoms with Crippen LogP contribution >= 0.6 is 34.3 Å². The molecule has 18 heavy (non-hydrogen) atoms. The van der Waals surface area contributed by atoms with Gasteiger partial charge < -0.3 is 9.64 Å². The van der Waals surface area contributed by atoms with Crippen molar-refractivity contribution >= 4 is 49.6 Å². The lowest BCUT2D eigenvalue weighted by Crippen LogP contribution is -2.46. The molecule has 0 radical (unpaired) electrons. The van der Waals surface area contributed by atoms with Gasteiger partial charge in [-0.05, 0) is 18.4 Å². The zero-order chi connectivity index (χ0) is 12.7. The van der Waals surface area contributed by atoms with Gasteiger partial charge in [0.1, 0.15) is 4.88 Å². The Balaban J connectivity index is 1.95. The van der Waals surface area contributed by atoms with Gasteiger partial charge in [0.2, 0.25) is 0 Å². The average molecular weight is 302 g/mol. The summed E-state index contributed by atoms with van der Waals surface area (Å²) in [6.07, 6.45) is 0. The molecule has 0 spiro atoms. The van der Waals surface area contributed by atoms with Crippen LogP contribution in [0.15, 0.2) is 11.4 Å². The summed E-state index contributed by atoms with van der Waals surface area (Å²) in [6.45, 7) is 3.85. The first-order chi connectivity index (χ1) is 8.68. The Morgan fingerprint density at radius 1 is 1.61 bits per heavy atom. The van der Waals surface area contributed by atoms with Crippen LogP contribution in [0.4, 0.5) is 0 Å². The van der Waals surface area contributed by atoms with Gasteiger partial charge in [-0.1, -0.05) is 11.6 Å². The standard InChI is InChI=1S/C12H12ClNO2S2/c1-7-6-16-4-3-14(7)11(15)10-9(13)8-2-5-17-12(8)18-10/h2,5,7H,3-4,6H2,1H3. The van der Waals surface area contributed by atoms with Crippen molar-refractivity contribution in [3.05, 3.63) is 21.3 Å². The lowest BCUT2D eigenvalue weighted by Gasteiger charge is -2.33. The van der Waals surface area contributed by atoms with E-state index in [0.29, 0.717) is 29.7 Å². The second-order valence-electron chi connectivity index (χ2n) is 4.29. The minimum absolute atomic E-state index is 0.0317. The zero-order valence-electron chi connectivity index (χ0n) is 9.81. The van der Waals surface area contributed by atoms with E-state index in [2.05, 4.69) is 0 Å². The summed E-state index contributed by atoms with van der Waals surface area (Å²) >= 11 is 9.41. The Morgan fingerprint density at radius 3 is 3.17 bits per heavy atom. The minimum Gasteiger partial charge on any atom is -0.377 e. The molecule has 1 atom stereocenters. The first-order valence-electron chi connectivity index (χ1n) is 5.72. The molecule has 1 aliphatic heterocycles. The average Bonchev–Trinajstić information content (AvgIpc) is 2.93. The van der Waals surface area contributed by atoms with Crippen molar-refractivity contribution < 1.29 is 9.53 Å². The third-order valence-corrected chi connectivity index (χ3v) is 5.82. The van der Waals surface area contributed by atoms with E-state index in [1.54, 1.807) is 11.3 Å². The molecule has 0 aromatic carbocycles. The third kappa shape index (κ3) is 1.95. The van der Waals surface area contributed by atoms with Crippen molar-refractivity contribution in [1.29, 1.82) is 0 Å². The van der Waals surface area contributed by atoms with E-state index < -0.39 is 0 Å². The minimum atomic E-state index is 0.0317. The van der Waals surface area contributed by atoms with Crippen LogP contribution in [0.3, 0.4) is 0 Å². The van der Waals surface area contributed by atoms with Crippen molar-refractivity contribution in [1.82, 2.24) is 4.90 Å². The number of ether oxygens (including phenoxy) is 1. The molecule has 1 aliphatic rings. The highest BCUT2D eigenvalue weighted by atomic mass is 35.5. The molecule has 0 aliphatic carbocycles. The largest absolute Gasteiger partial charge is 0.377 e. The number of hydrogen-bond donors (Lipinski definition) is 0. The quantitative estimate of drug-likeness (QED) is 0.807. The summed E-state index contributed by atoms with van der Waals surface area (Å²) in [7, 11) is 0. The zero-order valence-corrected chi connectivity index (χ0v) is 12.2. The molecule has 1 fully saturated rings. The van der Waals surface area contributed by atoms with E-state index in [9.17, 15) is 4.79 Å². The Morgan fingerprint density at radius 2 is 2.44 bits per heavy atom. The van der Waals surface area contributed by atoms with Crippen molar-refractivity contribution in [2.24, 2.45) is 0 Å². The molecular formula is C12H12ClNO2S2. The Hall–Kier alpha value is -0.620. The molecule has 1 saturated heterocycles. The fraction of sp³-hybridized carbons (Fsp3) is 0.417. The molecule has 0 N–H and O–H groups in total. The van der Waals surface area contributed by atoms with Crippen LogP contribution in [-0.4, -0.2) is 36.6 Å². The van der Waals surface area contributed by atoms with E-state index in [1.165, 1.54) is 11.3 Å². The monoisotopic (exact) mass is 301 g/mol. The summed E-state index contributed by atoms with van der Waals surface area (Å²) in [4.78, 5) is 15.0. The van der Waals surface area contributed by atoms with Gasteiger partial charge in [0.25, 0.3) is 5.91 Å². The van der Waals surface area contributed by atoms with Crippen LogP contribution in [0.2, 0.25) is 5.02 Å². The van der Waals surface area contributed by atoms with Crippen LogP contribution < -0.4 is 0 Å². The molecule has 96 valence electrons. The Bertz CT molecular complexity index is 592. The molecule has 3 rings (SSSR count). The van der Waals surface area contributed by atoms with Crippen LogP contribution in [-0.2, 0) is 4.74 Å². The highest BCUT2D eigenvalue weighted by Gasteiger charge is 2.28. The van der Waals surface area contributed by atoms with Gasteiger partial charge >= 0.3 is 0 Å². The number of nitrogens with zero attached hydrogens (tertiary/aromatic N) is 1. The molecule has 2 aromatic heterocycles. The molecule has 1 unspecified atom stereocenters. The number of fused-ring (bicyclic) bond motifs is 1. The number of morpholine rings is 1. The second kappa shape index (κ2) is 4.81. The van der Waals surface area contributed by atoms with Gasteiger partial charge in [-0.2, -0.15) is 0 Å². The summed E-state index contributed by atoms with van der Waals surface area (Å²) in [5.74, 6) is 0.0317. The van der Waals surface area contributed by atoms with Gasteiger partial charge in [0.15, 0.2) is 0 Å². The molecule has 3 nitrogen and oxygen atoms in total. The number of hydrogen-bond acceptors (Lipinski definition) is 4. The first kappa shape index (κ1) is 12.4. The maximum absolute atomic E-state index is 12.5. The molecule has 6 heteroatoms. The summed E-state index contributed by atoms with van der Waals surface area (Å²) < 4.78 is 6.47. The van der Waals surface area contributed by atoms with E-state index in [4.69, 9.17) is 16.3 Å². The maximum Gasteiger partial charge on any atom is 0.265 e. The van der Waals surface area contributed by atoms with Crippen molar-refractivity contribution in [3.63, 3.8) is 0 Å². The fourth-order valence-corrected chi connectivity index (χ4v) is 4.66. The summed E-state index contributed by atoms with van der Waals surface area (Å²) in [5.41, 5.74) is 0. The first-order valence-corrected chi connectivity index (χ1v) is 7.80. The lowest BCUT2D eigenvalue weighted by molar-refractivity contribution is 0.00388. The number of thiophene rings is 2. The molecule has 0 saturated carbocycles. The highest BCUT2D eigenvalue weighted by molar-refractivity contribution is 7.38. The number of amides is 1. The third-order valence-electron chi connectivity index (χ3n) is 3.08. The van der Waals surface area contributed by atoms with Crippen molar-refractivity contribution in [3.8, 4) is 0 Å². The molecular weight excluding hydrogens is 290 g/mol. The molecule has 2 aromatic rings. The van der Waals surface area contributed by atoms with Gasteiger partial charge in [-0.15, -0.1) is 22.7 Å². The van der Waals surface area contributed by atoms with Crippen LogP contribution in [0.5, 0.6) is 0 Å². The van der Waals surface area contributed by atoms with Gasteiger partial charge in [-0.25, -0.2) is 0 Å². The summed E-state index contributed by atoms with van der Waals surface area (Å²) in [5, 5.41) is 3.59. The van der Waals surface area contributed by atoms with Gasteiger partial charge in [-0.3, -0.25) is 4.79 Å². The van der Waals surface area contributed by atoms with Crippen molar-refractivity contribution in [2.45, 2.75) is 13.0 Å². The Kier molecular flexibility index (Phi) is 3.32. The van der Waals surface area contributed by atoms with Crippen LogP contribution in [0.1, 0.15) is 16.6 Å². The van der Waals surface area contributed by atoms with Crippen LogP contribution in [0, 0.1) is 0 Å². The van der Waals surface area contributed by atoms with Gasteiger partial charge in [0.05, 0.1) is 28.3 Å². The highest BCUT2D eigenvalue weighted by Crippen LogP contribution is 2.39. The number of carbonyl (C=O) groups excluding carboxylic acids is 1. The van der Waals surface area contributed by atoms with E-state index in [-0.39, 0.29) is 11.9 Å². The number of rotatable bonds is 1. The summed E-state index contributed by atoms with van der Waals surface area (Å²) in [6, 6.07) is 2.08. The SMILES string of the molecule is CC1COCCN1C(=O)c1sc2sccc2c1Cl. The van der Waals surface area contributed by atoms with E-state index >= 15 is 0 Å². The molecule has 1 amide bonds. The smallest absolute Gasteiger partial charge is 0.265 e. The topological polar surface area (TPSA) is 29.5 Å². The molecule has 3 heterocycles. The van der Waals surface area contributed by atoms with E-state index in [0.717, 1.165) is 9.40 Å². The van der Waals surface area contributed by atoms with Crippen molar-refractivity contribution in [2.75, 3.05) is 19.8 Å². The van der Waals surface area contributed by atoms with E-state index in [1.807, 2.05) is 23.3 Å². The maximum atomic E-state index is 12.5. The van der Waals surface area contributed by atoms with Gasteiger partial charge in [0, 0.05) is 11.9 Å². The fourth-order valence-electron chi connectivity index (χ4n) is 2.09. The molecule has 0 bridgehead atoms. The Labute approximate surface area is 118 Å².